The summed E-state index contributed by atoms with van der Waals surface area (Å²) in [4.78, 5) is 5.94. The Labute approximate surface area is 217 Å². The number of unbranched alkanes of at least 4 members (excludes halogenated alkanes) is 1. The zero-order valence-electron chi connectivity index (χ0n) is 21.8. The maximum atomic E-state index is 4.83. The second kappa shape index (κ2) is 11.0. The quantitative estimate of drug-likeness (QED) is 0.228. The predicted octanol–water partition coefficient (Wildman–Crippen LogP) is 7.76. The Hall–Kier alpha value is -3.50. The first-order chi connectivity index (χ1) is 17.3. The molecule has 36 heavy (non-hydrogen) atoms. The monoisotopic (exact) mass is 495 g/mol. The van der Waals surface area contributed by atoms with E-state index >= 15 is 0 Å². The lowest BCUT2D eigenvalue weighted by atomic mass is 10.0. The molecule has 4 heteroatoms. The maximum absolute atomic E-state index is 4.83. The van der Waals surface area contributed by atoms with Crippen molar-refractivity contribution in [3.05, 3.63) is 114 Å². The van der Waals surface area contributed by atoms with Crippen LogP contribution in [0.1, 0.15) is 48.1 Å². The highest BCUT2D eigenvalue weighted by molar-refractivity contribution is 8.26. The van der Waals surface area contributed by atoms with Crippen molar-refractivity contribution in [2.45, 2.75) is 51.5 Å². The summed E-state index contributed by atoms with van der Waals surface area (Å²) in [6.07, 6.45) is 3.36. The van der Waals surface area contributed by atoms with Gasteiger partial charge in [0.15, 0.2) is 0 Å². The van der Waals surface area contributed by atoms with E-state index in [1.807, 2.05) is 30.3 Å². The number of nitrogens with one attached hydrogen (secondary N) is 1. The molecule has 4 rings (SSSR count). The number of imidazole rings is 1. The smallest absolute Gasteiger partial charge is 0.109 e. The van der Waals surface area contributed by atoms with Crippen LogP contribution in [-0.2, 0) is 13.0 Å². The average molecular weight is 496 g/mol. The van der Waals surface area contributed by atoms with Gasteiger partial charge in [-0.25, -0.2) is 4.98 Å². The fourth-order valence-corrected chi connectivity index (χ4v) is 6.11. The molecule has 1 N–H and O–H groups in total. The number of benzene rings is 3. The van der Waals surface area contributed by atoms with Crippen molar-refractivity contribution >= 4 is 26.8 Å². The number of hydrogen-bond acceptors (Lipinski definition) is 2. The van der Waals surface area contributed by atoms with Gasteiger partial charge in [0.2, 0.25) is 0 Å². The lowest BCUT2D eigenvalue weighted by Crippen LogP contribution is -2.08. The van der Waals surface area contributed by atoms with Crippen LogP contribution < -0.4 is 4.72 Å². The summed E-state index contributed by atoms with van der Waals surface area (Å²) < 4.78 is 5.90. The van der Waals surface area contributed by atoms with Gasteiger partial charge in [-0.2, -0.15) is 0 Å². The predicted molar refractivity (Wildman–Crippen MR) is 160 cm³/mol. The topological polar surface area (TPSA) is 29.9 Å². The van der Waals surface area contributed by atoms with Crippen LogP contribution in [0.25, 0.3) is 16.8 Å². The number of aryl methyl sites for hydroxylation is 2. The molecule has 186 valence electrons. The van der Waals surface area contributed by atoms with Crippen LogP contribution in [0.2, 0.25) is 0 Å². The molecule has 0 aliphatic carbocycles. The second-order valence-electron chi connectivity index (χ2n) is 9.41. The standard InChI is InChI=1S/C32H37N3S/c1-7-8-18-32-33-24(2)26(4)35(32)23-27-19-21-29(22-20-27)30-16-12-13-17-31(30)36(5,6)34-25(3)28-14-10-9-11-15-28/h9-17,19-22,34H,3,5-8,18,23H2,1-2,4H3. The van der Waals surface area contributed by atoms with Crippen LogP contribution >= 0.6 is 9.39 Å². The first-order valence-electron chi connectivity index (χ1n) is 12.5. The van der Waals surface area contributed by atoms with Gasteiger partial charge < -0.3 is 9.29 Å². The molecule has 0 aliphatic heterocycles. The largest absolute Gasteiger partial charge is 0.338 e. The first kappa shape index (κ1) is 25.6. The molecule has 0 fully saturated rings. The number of nitrogens with zero attached hydrogens (tertiary/aromatic N) is 2. The van der Waals surface area contributed by atoms with Gasteiger partial charge in [-0.05, 0) is 48.6 Å². The summed E-state index contributed by atoms with van der Waals surface area (Å²) in [5, 5.41) is 0. The van der Waals surface area contributed by atoms with Crippen LogP contribution in [0, 0.1) is 13.8 Å². The second-order valence-corrected chi connectivity index (χ2v) is 11.8. The summed E-state index contributed by atoms with van der Waals surface area (Å²) in [6.45, 7) is 11.6. The Morgan fingerprint density at radius 2 is 1.58 bits per heavy atom. The summed E-state index contributed by atoms with van der Waals surface area (Å²) >= 11 is 0. The van der Waals surface area contributed by atoms with E-state index in [1.54, 1.807) is 0 Å². The molecule has 0 radical (unpaired) electrons. The highest BCUT2D eigenvalue weighted by Crippen LogP contribution is 2.38. The van der Waals surface area contributed by atoms with Gasteiger partial charge in [-0.15, -0.1) is 9.39 Å². The zero-order chi connectivity index (χ0) is 25.7. The van der Waals surface area contributed by atoms with Crippen LogP contribution in [0.4, 0.5) is 0 Å². The first-order valence-corrected chi connectivity index (χ1v) is 14.5. The van der Waals surface area contributed by atoms with Gasteiger partial charge in [0.05, 0.1) is 5.69 Å². The van der Waals surface area contributed by atoms with Crippen LogP contribution in [0.5, 0.6) is 0 Å². The Balaban J connectivity index is 1.59. The third kappa shape index (κ3) is 5.66. The molecule has 1 heterocycles. The number of hydrogen-bond donors (Lipinski definition) is 1. The van der Waals surface area contributed by atoms with E-state index in [9.17, 15) is 0 Å². The van der Waals surface area contributed by atoms with Crippen LogP contribution in [0.3, 0.4) is 0 Å². The van der Waals surface area contributed by atoms with E-state index in [4.69, 9.17) is 4.98 Å². The van der Waals surface area contributed by atoms with Crippen molar-refractivity contribution in [1.82, 2.24) is 14.3 Å². The van der Waals surface area contributed by atoms with Crippen molar-refractivity contribution in [2.75, 3.05) is 0 Å². The lowest BCUT2D eigenvalue weighted by Gasteiger charge is -2.23. The molecule has 1 aromatic heterocycles. The summed E-state index contributed by atoms with van der Waals surface area (Å²) in [7, 11) is -1.82. The third-order valence-corrected chi connectivity index (χ3v) is 8.48. The highest BCUT2D eigenvalue weighted by Gasteiger charge is 2.13. The number of aromatic nitrogens is 2. The van der Waals surface area contributed by atoms with Crippen molar-refractivity contribution < 1.29 is 0 Å². The molecule has 0 atom stereocenters. The maximum Gasteiger partial charge on any atom is 0.109 e. The van der Waals surface area contributed by atoms with E-state index in [-0.39, 0.29) is 0 Å². The van der Waals surface area contributed by atoms with E-state index in [1.165, 1.54) is 23.5 Å². The average Bonchev–Trinajstić information content (AvgIpc) is 3.15. The molecule has 3 nitrogen and oxygen atoms in total. The van der Waals surface area contributed by atoms with Gasteiger partial charge in [0.25, 0.3) is 0 Å². The summed E-state index contributed by atoms with van der Waals surface area (Å²) in [5.74, 6) is 10.2. The molecular formula is C32H37N3S. The van der Waals surface area contributed by atoms with Gasteiger partial charge in [0.1, 0.15) is 5.82 Å². The minimum absolute atomic E-state index is 0.839. The van der Waals surface area contributed by atoms with E-state index in [0.29, 0.717) is 0 Å². The van der Waals surface area contributed by atoms with Crippen molar-refractivity contribution in [3.8, 4) is 11.1 Å². The Morgan fingerprint density at radius 3 is 2.28 bits per heavy atom. The molecule has 0 aliphatic rings. The molecule has 3 aromatic carbocycles. The molecule has 0 saturated carbocycles. The minimum Gasteiger partial charge on any atom is -0.338 e. The lowest BCUT2D eigenvalue weighted by molar-refractivity contribution is 0.667. The van der Waals surface area contributed by atoms with E-state index in [0.717, 1.165) is 52.4 Å². The van der Waals surface area contributed by atoms with Gasteiger partial charge >= 0.3 is 0 Å². The van der Waals surface area contributed by atoms with Gasteiger partial charge in [-0.1, -0.05) is 104 Å². The third-order valence-electron chi connectivity index (χ3n) is 6.65. The van der Waals surface area contributed by atoms with Crippen molar-refractivity contribution in [3.63, 3.8) is 0 Å². The normalized spacial score (nSPS) is 11.4. The van der Waals surface area contributed by atoms with E-state index in [2.05, 4.69) is 96.9 Å². The molecule has 0 spiro atoms. The van der Waals surface area contributed by atoms with Gasteiger partial charge in [0, 0.05) is 29.3 Å². The summed E-state index contributed by atoms with van der Waals surface area (Å²) in [5.41, 5.74) is 7.85. The van der Waals surface area contributed by atoms with E-state index < -0.39 is 9.39 Å². The molecule has 0 unspecified atom stereocenters. The van der Waals surface area contributed by atoms with Crippen molar-refractivity contribution in [1.29, 1.82) is 0 Å². The SMILES string of the molecule is C=C(NS(=C)(=C)c1ccccc1-c1ccc(Cn2c(CCCC)nc(C)c2C)cc1)c1ccccc1. The molecule has 0 saturated heterocycles. The fraction of sp³-hybridized carbons (Fsp3) is 0.219. The summed E-state index contributed by atoms with van der Waals surface area (Å²) in [6, 6.07) is 27.4. The molecule has 0 bridgehead atoms. The highest BCUT2D eigenvalue weighted by atomic mass is 32.2. The zero-order valence-corrected chi connectivity index (χ0v) is 22.6. The Kier molecular flexibility index (Phi) is 7.85. The minimum atomic E-state index is -1.82. The molecule has 4 aromatic rings. The van der Waals surface area contributed by atoms with Crippen LogP contribution in [-0.4, -0.2) is 21.3 Å². The fourth-order valence-electron chi connectivity index (χ4n) is 4.47. The Morgan fingerprint density at radius 1 is 0.917 bits per heavy atom. The number of rotatable bonds is 10. The Bertz CT molecular complexity index is 1440. The molecular weight excluding hydrogens is 458 g/mol. The molecule has 0 amide bonds. The van der Waals surface area contributed by atoms with Crippen molar-refractivity contribution in [2.24, 2.45) is 0 Å². The van der Waals surface area contributed by atoms with Crippen LogP contribution in [0.15, 0.2) is 90.3 Å². The van der Waals surface area contributed by atoms with Gasteiger partial charge in [-0.3, -0.25) is 0 Å².